The third-order valence-corrected chi connectivity index (χ3v) is 4.17. The lowest BCUT2D eigenvalue weighted by Gasteiger charge is -2.28. The second-order valence-electron chi connectivity index (χ2n) is 5.43. The first-order valence-electron chi connectivity index (χ1n) is 5.88. The average molecular weight is 395 g/mol. The molecule has 106 valence electrons. The van der Waals surface area contributed by atoms with E-state index in [1.165, 1.54) is 12.1 Å². The summed E-state index contributed by atoms with van der Waals surface area (Å²) < 4.78 is 6.33. The summed E-state index contributed by atoms with van der Waals surface area (Å²) in [7, 11) is 0. The number of nitro groups is 1. The molecular formula is C13H17Br2NO3. The minimum Gasteiger partial charge on any atom is -0.493 e. The molecule has 1 unspecified atom stereocenters. The van der Waals surface area contributed by atoms with Crippen LogP contribution in [0.25, 0.3) is 0 Å². The van der Waals surface area contributed by atoms with E-state index in [-0.39, 0.29) is 11.1 Å². The number of benzene rings is 1. The topological polar surface area (TPSA) is 52.4 Å². The maximum atomic E-state index is 10.8. The summed E-state index contributed by atoms with van der Waals surface area (Å²) in [5, 5.41) is 11.6. The van der Waals surface area contributed by atoms with Gasteiger partial charge in [-0.25, -0.2) is 0 Å². The van der Waals surface area contributed by atoms with Crippen molar-refractivity contribution in [1.82, 2.24) is 0 Å². The molecule has 0 aliphatic heterocycles. The Kier molecular flexibility index (Phi) is 5.80. The molecule has 0 aliphatic carbocycles. The molecule has 4 nitrogen and oxygen atoms in total. The van der Waals surface area contributed by atoms with Crippen LogP contribution in [0.1, 0.15) is 20.8 Å². The first-order chi connectivity index (χ1) is 8.74. The van der Waals surface area contributed by atoms with E-state index in [1.54, 1.807) is 6.07 Å². The van der Waals surface area contributed by atoms with E-state index in [1.807, 2.05) is 0 Å². The zero-order chi connectivity index (χ0) is 14.6. The smallest absolute Gasteiger partial charge is 0.274 e. The Morgan fingerprint density at radius 3 is 2.47 bits per heavy atom. The van der Waals surface area contributed by atoms with Crippen molar-refractivity contribution >= 4 is 37.5 Å². The van der Waals surface area contributed by atoms with E-state index in [2.05, 4.69) is 52.6 Å². The molecule has 1 atom stereocenters. The predicted molar refractivity (Wildman–Crippen MR) is 83.0 cm³/mol. The summed E-state index contributed by atoms with van der Waals surface area (Å²) in [6.45, 7) is 6.95. The van der Waals surface area contributed by atoms with Crippen LogP contribution in [0.3, 0.4) is 0 Å². The summed E-state index contributed by atoms with van der Waals surface area (Å²) in [6, 6.07) is 4.64. The van der Waals surface area contributed by atoms with E-state index in [0.29, 0.717) is 22.7 Å². The van der Waals surface area contributed by atoms with E-state index in [0.717, 1.165) is 5.33 Å². The van der Waals surface area contributed by atoms with Crippen LogP contribution in [0, 0.1) is 21.4 Å². The first-order valence-corrected chi connectivity index (χ1v) is 7.79. The largest absolute Gasteiger partial charge is 0.493 e. The molecule has 19 heavy (non-hydrogen) atoms. The highest BCUT2D eigenvalue weighted by Gasteiger charge is 2.24. The average Bonchev–Trinajstić information content (AvgIpc) is 2.27. The van der Waals surface area contributed by atoms with Gasteiger partial charge in [0.2, 0.25) is 0 Å². The van der Waals surface area contributed by atoms with Gasteiger partial charge in [-0.05, 0) is 11.5 Å². The lowest BCUT2D eigenvalue weighted by Crippen LogP contribution is -2.27. The molecule has 1 rings (SSSR count). The van der Waals surface area contributed by atoms with Gasteiger partial charge < -0.3 is 4.74 Å². The maximum absolute atomic E-state index is 10.8. The zero-order valence-electron chi connectivity index (χ0n) is 11.2. The molecule has 6 heteroatoms. The van der Waals surface area contributed by atoms with Crippen molar-refractivity contribution in [3.63, 3.8) is 0 Å². The molecule has 0 bridgehead atoms. The van der Waals surface area contributed by atoms with Gasteiger partial charge in [0.1, 0.15) is 5.75 Å². The monoisotopic (exact) mass is 393 g/mol. The SMILES string of the molecule is CC(C)(C)C(CBr)COc1cc(Br)cc([N+](=O)[O-])c1. The van der Waals surface area contributed by atoms with E-state index in [9.17, 15) is 10.1 Å². The highest BCUT2D eigenvalue weighted by atomic mass is 79.9. The van der Waals surface area contributed by atoms with Crippen LogP contribution in [0.15, 0.2) is 22.7 Å². The molecule has 0 fully saturated rings. The van der Waals surface area contributed by atoms with Crippen LogP contribution in [0.4, 0.5) is 5.69 Å². The highest BCUT2D eigenvalue weighted by Crippen LogP contribution is 2.30. The highest BCUT2D eigenvalue weighted by molar-refractivity contribution is 9.10. The standard InChI is InChI=1S/C13H17Br2NO3/c1-13(2,3)9(7-14)8-19-12-5-10(15)4-11(6-12)16(17)18/h4-6,9H,7-8H2,1-3H3. The second-order valence-corrected chi connectivity index (χ2v) is 6.99. The molecule has 0 aliphatic rings. The molecular weight excluding hydrogens is 378 g/mol. The number of ether oxygens (including phenoxy) is 1. The Balaban J connectivity index is 2.80. The molecule has 1 aromatic carbocycles. The van der Waals surface area contributed by atoms with Crippen LogP contribution >= 0.6 is 31.9 Å². The van der Waals surface area contributed by atoms with Crippen LogP contribution in [-0.2, 0) is 0 Å². The number of non-ortho nitro benzene ring substituents is 1. The van der Waals surface area contributed by atoms with Gasteiger partial charge >= 0.3 is 0 Å². The summed E-state index contributed by atoms with van der Waals surface area (Å²) in [5.74, 6) is 0.835. The fourth-order valence-electron chi connectivity index (χ4n) is 1.46. The minimum absolute atomic E-state index is 0.0236. The summed E-state index contributed by atoms with van der Waals surface area (Å²) >= 11 is 6.73. The van der Waals surface area contributed by atoms with E-state index in [4.69, 9.17) is 4.74 Å². The van der Waals surface area contributed by atoms with Gasteiger partial charge in [-0.1, -0.05) is 52.6 Å². The summed E-state index contributed by atoms with van der Waals surface area (Å²) in [5.41, 5.74) is 0.136. The van der Waals surface area contributed by atoms with Gasteiger partial charge in [0.25, 0.3) is 5.69 Å². The van der Waals surface area contributed by atoms with Gasteiger partial charge in [-0.3, -0.25) is 10.1 Å². The van der Waals surface area contributed by atoms with Gasteiger partial charge in [-0.2, -0.15) is 0 Å². The molecule has 0 aromatic heterocycles. The number of rotatable bonds is 5. The fourth-order valence-corrected chi connectivity index (χ4v) is 3.08. The van der Waals surface area contributed by atoms with Gasteiger partial charge in [0, 0.05) is 21.8 Å². The molecule has 0 saturated carbocycles. The quantitative estimate of drug-likeness (QED) is 0.409. The third kappa shape index (κ3) is 5.10. The number of halogens is 2. The Morgan fingerprint density at radius 1 is 1.37 bits per heavy atom. The van der Waals surface area contributed by atoms with E-state index >= 15 is 0 Å². The maximum Gasteiger partial charge on any atom is 0.274 e. The summed E-state index contributed by atoms with van der Waals surface area (Å²) in [4.78, 5) is 10.4. The van der Waals surface area contributed by atoms with Crippen molar-refractivity contribution in [1.29, 1.82) is 0 Å². The lowest BCUT2D eigenvalue weighted by molar-refractivity contribution is -0.385. The van der Waals surface area contributed by atoms with Crippen LogP contribution in [0.5, 0.6) is 5.75 Å². The molecule has 0 heterocycles. The third-order valence-electron chi connectivity index (χ3n) is 2.93. The van der Waals surface area contributed by atoms with Crippen LogP contribution < -0.4 is 4.74 Å². The Morgan fingerprint density at radius 2 is 2.00 bits per heavy atom. The number of nitrogens with zero attached hydrogens (tertiary/aromatic N) is 1. The number of hydrogen-bond acceptors (Lipinski definition) is 3. The normalized spacial score (nSPS) is 13.1. The fraction of sp³-hybridized carbons (Fsp3) is 0.538. The zero-order valence-corrected chi connectivity index (χ0v) is 14.3. The molecule has 0 radical (unpaired) electrons. The van der Waals surface area contributed by atoms with Crippen LogP contribution in [0.2, 0.25) is 0 Å². The van der Waals surface area contributed by atoms with Gasteiger partial charge in [-0.15, -0.1) is 0 Å². The summed E-state index contributed by atoms with van der Waals surface area (Å²) in [6.07, 6.45) is 0. The van der Waals surface area contributed by atoms with Gasteiger partial charge in [0.15, 0.2) is 0 Å². The molecule has 0 N–H and O–H groups in total. The Bertz CT molecular complexity index is 458. The number of nitro benzene ring substituents is 1. The second kappa shape index (κ2) is 6.70. The van der Waals surface area contributed by atoms with Crippen molar-refractivity contribution in [3.8, 4) is 5.75 Å². The van der Waals surface area contributed by atoms with Gasteiger partial charge in [0.05, 0.1) is 17.6 Å². The number of hydrogen-bond donors (Lipinski definition) is 0. The van der Waals surface area contributed by atoms with Crippen LogP contribution in [-0.4, -0.2) is 16.9 Å². The predicted octanol–water partition coefficient (Wildman–Crippen LogP) is 4.79. The van der Waals surface area contributed by atoms with Crippen molar-refractivity contribution < 1.29 is 9.66 Å². The molecule has 1 aromatic rings. The Labute approximate surface area is 129 Å². The van der Waals surface area contributed by atoms with Crippen molar-refractivity contribution in [2.75, 3.05) is 11.9 Å². The molecule has 0 amide bonds. The first kappa shape index (κ1) is 16.4. The minimum atomic E-state index is -0.427. The molecule has 0 spiro atoms. The lowest BCUT2D eigenvalue weighted by atomic mass is 9.83. The van der Waals surface area contributed by atoms with Crippen molar-refractivity contribution in [2.45, 2.75) is 20.8 Å². The number of alkyl halides is 1. The Hall–Kier alpha value is -0.620. The van der Waals surface area contributed by atoms with Crippen molar-refractivity contribution in [3.05, 3.63) is 32.8 Å². The molecule has 0 saturated heterocycles. The van der Waals surface area contributed by atoms with E-state index < -0.39 is 4.92 Å². The van der Waals surface area contributed by atoms with Crippen molar-refractivity contribution in [2.24, 2.45) is 11.3 Å².